The van der Waals surface area contributed by atoms with Crippen LogP contribution in [0.5, 0.6) is 0 Å². The zero-order valence-corrected chi connectivity index (χ0v) is 8.10. The van der Waals surface area contributed by atoms with E-state index in [0.29, 0.717) is 13.1 Å². The number of rotatable bonds is 6. The fraction of sp³-hybridized carbons (Fsp3) is 0.625. The highest BCUT2D eigenvalue weighted by Crippen LogP contribution is 1.93. The largest absolute Gasteiger partial charge is 0.481 e. The smallest absolute Gasteiger partial charge is 0.304 e. The second kappa shape index (κ2) is 5.33. The number of hydrogen-bond acceptors (Lipinski definition) is 4. The Balaban J connectivity index is 2.27. The minimum Gasteiger partial charge on any atom is -0.481 e. The summed E-state index contributed by atoms with van der Waals surface area (Å²) in [4.78, 5) is 10.2. The molecule has 1 aromatic heterocycles. The SMILES string of the molecule is CCn1cnnc1CNCCC(=O)O. The maximum Gasteiger partial charge on any atom is 0.304 e. The lowest BCUT2D eigenvalue weighted by Gasteiger charge is -2.03. The minimum atomic E-state index is -0.797. The first-order chi connectivity index (χ1) is 6.74. The zero-order valence-electron chi connectivity index (χ0n) is 8.10. The molecule has 0 bridgehead atoms. The third kappa shape index (κ3) is 3.14. The highest BCUT2D eigenvalue weighted by Gasteiger charge is 2.02. The van der Waals surface area contributed by atoms with Crippen molar-refractivity contribution in [3.8, 4) is 0 Å². The van der Waals surface area contributed by atoms with E-state index in [1.807, 2.05) is 11.5 Å². The van der Waals surface area contributed by atoms with Crippen LogP contribution in [0.15, 0.2) is 6.33 Å². The topological polar surface area (TPSA) is 80.0 Å². The fourth-order valence-electron chi connectivity index (χ4n) is 1.08. The van der Waals surface area contributed by atoms with Crippen molar-refractivity contribution >= 4 is 5.97 Å². The van der Waals surface area contributed by atoms with Crippen molar-refractivity contribution in [3.05, 3.63) is 12.2 Å². The molecule has 0 radical (unpaired) electrons. The maximum atomic E-state index is 10.2. The van der Waals surface area contributed by atoms with Crippen LogP contribution in [-0.4, -0.2) is 32.4 Å². The van der Waals surface area contributed by atoms with Gasteiger partial charge in [0.05, 0.1) is 13.0 Å². The Labute approximate surface area is 82.0 Å². The van der Waals surface area contributed by atoms with Crippen molar-refractivity contribution in [2.45, 2.75) is 26.4 Å². The van der Waals surface area contributed by atoms with Gasteiger partial charge in [0.15, 0.2) is 0 Å². The molecular weight excluding hydrogens is 184 g/mol. The predicted octanol–water partition coefficient (Wildman–Crippen LogP) is -0.138. The van der Waals surface area contributed by atoms with Gasteiger partial charge in [-0.05, 0) is 6.92 Å². The first-order valence-corrected chi connectivity index (χ1v) is 4.53. The molecule has 78 valence electrons. The third-order valence-corrected chi connectivity index (χ3v) is 1.84. The van der Waals surface area contributed by atoms with Crippen LogP contribution in [-0.2, 0) is 17.9 Å². The molecule has 0 spiro atoms. The molecule has 6 heteroatoms. The Kier molecular flexibility index (Phi) is 4.06. The molecule has 14 heavy (non-hydrogen) atoms. The molecule has 6 nitrogen and oxygen atoms in total. The maximum absolute atomic E-state index is 10.2. The number of aromatic nitrogens is 3. The Bertz CT molecular complexity index is 297. The number of nitrogens with zero attached hydrogens (tertiary/aromatic N) is 3. The Morgan fingerprint density at radius 2 is 2.50 bits per heavy atom. The number of nitrogens with one attached hydrogen (secondary N) is 1. The van der Waals surface area contributed by atoms with Crippen LogP contribution in [0.1, 0.15) is 19.2 Å². The number of aryl methyl sites for hydroxylation is 1. The van der Waals surface area contributed by atoms with E-state index in [4.69, 9.17) is 5.11 Å². The van der Waals surface area contributed by atoms with E-state index in [2.05, 4.69) is 15.5 Å². The van der Waals surface area contributed by atoms with Gasteiger partial charge in [0.25, 0.3) is 0 Å². The third-order valence-electron chi connectivity index (χ3n) is 1.84. The first kappa shape index (κ1) is 10.6. The average molecular weight is 198 g/mol. The fourth-order valence-corrected chi connectivity index (χ4v) is 1.08. The van der Waals surface area contributed by atoms with E-state index < -0.39 is 5.97 Å². The van der Waals surface area contributed by atoms with Crippen LogP contribution in [0.4, 0.5) is 0 Å². The molecule has 1 heterocycles. The van der Waals surface area contributed by atoms with Crippen molar-refractivity contribution < 1.29 is 9.90 Å². The summed E-state index contributed by atoms with van der Waals surface area (Å²) in [6, 6.07) is 0. The number of hydrogen-bond donors (Lipinski definition) is 2. The first-order valence-electron chi connectivity index (χ1n) is 4.53. The molecule has 1 aromatic rings. The monoisotopic (exact) mass is 198 g/mol. The van der Waals surface area contributed by atoms with Crippen LogP contribution in [0.25, 0.3) is 0 Å². The van der Waals surface area contributed by atoms with Gasteiger partial charge in [-0.25, -0.2) is 0 Å². The van der Waals surface area contributed by atoms with Crippen molar-refractivity contribution in [2.75, 3.05) is 6.54 Å². The summed E-state index contributed by atoms with van der Waals surface area (Å²) in [5.41, 5.74) is 0. The Hall–Kier alpha value is -1.43. The number of carbonyl (C=O) groups is 1. The highest BCUT2D eigenvalue weighted by molar-refractivity contribution is 5.66. The molecular formula is C8H14N4O2. The molecule has 0 aliphatic rings. The summed E-state index contributed by atoms with van der Waals surface area (Å²) >= 11 is 0. The lowest BCUT2D eigenvalue weighted by Crippen LogP contribution is -2.20. The van der Waals surface area contributed by atoms with Crippen LogP contribution in [0.2, 0.25) is 0 Å². The molecule has 0 aliphatic heterocycles. The van der Waals surface area contributed by atoms with Crippen LogP contribution < -0.4 is 5.32 Å². The summed E-state index contributed by atoms with van der Waals surface area (Å²) in [5.74, 6) is 0.0346. The molecule has 0 saturated heterocycles. The molecule has 0 aliphatic carbocycles. The molecule has 1 rings (SSSR count). The molecule has 0 aromatic carbocycles. The molecule has 0 fully saturated rings. The van der Waals surface area contributed by atoms with Gasteiger partial charge in [-0.1, -0.05) is 0 Å². The Morgan fingerprint density at radius 1 is 1.71 bits per heavy atom. The van der Waals surface area contributed by atoms with Crippen molar-refractivity contribution in [3.63, 3.8) is 0 Å². The molecule has 0 unspecified atom stereocenters. The van der Waals surface area contributed by atoms with Crippen molar-refractivity contribution in [2.24, 2.45) is 0 Å². The van der Waals surface area contributed by atoms with E-state index in [9.17, 15) is 4.79 Å². The quantitative estimate of drug-likeness (QED) is 0.622. The lowest BCUT2D eigenvalue weighted by molar-refractivity contribution is -0.136. The van der Waals surface area contributed by atoms with Gasteiger partial charge < -0.3 is 15.0 Å². The van der Waals surface area contributed by atoms with Crippen LogP contribution >= 0.6 is 0 Å². The van der Waals surface area contributed by atoms with E-state index >= 15 is 0 Å². The molecule has 0 saturated carbocycles. The number of carboxylic acids is 1. The van der Waals surface area contributed by atoms with Crippen LogP contribution in [0, 0.1) is 0 Å². The number of carboxylic acid groups (broad SMARTS) is 1. The van der Waals surface area contributed by atoms with E-state index in [1.165, 1.54) is 0 Å². The normalized spacial score (nSPS) is 10.4. The van der Waals surface area contributed by atoms with E-state index in [-0.39, 0.29) is 6.42 Å². The molecule has 0 amide bonds. The predicted molar refractivity (Wildman–Crippen MR) is 49.7 cm³/mol. The standard InChI is InChI=1S/C8H14N4O2/c1-2-12-6-10-11-7(12)5-9-4-3-8(13)14/h6,9H,2-5H2,1H3,(H,13,14). The second-order valence-corrected chi connectivity index (χ2v) is 2.85. The Morgan fingerprint density at radius 3 is 3.14 bits per heavy atom. The summed E-state index contributed by atoms with van der Waals surface area (Å²) in [7, 11) is 0. The molecule has 0 atom stereocenters. The van der Waals surface area contributed by atoms with Gasteiger partial charge in [0, 0.05) is 13.1 Å². The van der Waals surface area contributed by atoms with Gasteiger partial charge in [0.2, 0.25) is 0 Å². The van der Waals surface area contributed by atoms with E-state index in [1.54, 1.807) is 6.33 Å². The van der Waals surface area contributed by atoms with Gasteiger partial charge >= 0.3 is 5.97 Å². The summed E-state index contributed by atoms with van der Waals surface area (Å²) in [6.07, 6.45) is 1.79. The van der Waals surface area contributed by atoms with Gasteiger partial charge in [-0.15, -0.1) is 10.2 Å². The van der Waals surface area contributed by atoms with Crippen molar-refractivity contribution in [1.82, 2.24) is 20.1 Å². The van der Waals surface area contributed by atoms with Crippen LogP contribution in [0.3, 0.4) is 0 Å². The van der Waals surface area contributed by atoms with Gasteiger partial charge in [-0.3, -0.25) is 4.79 Å². The molecule has 2 N–H and O–H groups in total. The summed E-state index contributed by atoms with van der Waals surface area (Å²) < 4.78 is 1.91. The van der Waals surface area contributed by atoms with Gasteiger partial charge in [0.1, 0.15) is 12.2 Å². The highest BCUT2D eigenvalue weighted by atomic mass is 16.4. The summed E-state index contributed by atoms with van der Waals surface area (Å²) in [6.45, 7) is 3.83. The lowest BCUT2D eigenvalue weighted by atomic mass is 10.4. The van der Waals surface area contributed by atoms with E-state index in [0.717, 1.165) is 12.4 Å². The minimum absolute atomic E-state index is 0.125. The second-order valence-electron chi connectivity index (χ2n) is 2.85. The number of aliphatic carboxylic acids is 1. The zero-order chi connectivity index (χ0) is 10.4. The van der Waals surface area contributed by atoms with Crippen molar-refractivity contribution in [1.29, 1.82) is 0 Å². The summed E-state index contributed by atoms with van der Waals surface area (Å²) in [5, 5.41) is 19.1. The van der Waals surface area contributed by atoms with Gasteiger partial charge in [-0.2, -0.15) is 0 Å². The average Bonchev–Trinajstić information content (AvgIpc) is 2.59.